The van der Waals surface area contributed by atoms with E-state index in [1.54, 1.807) is 0 Å². The van der Waals surface area contributed by atoms with E-state index in [0.717, 1.165) is 57.8 Å². The number of carbonyl (C=O) groups is 2. The van der Waals surface area contributed by atoms with Gasteiger partial charge in [0.15, 0.2) is 0 Å². The Balaban J connectivity index is 1.44. The van der Waals surface area contributed by atoms with Crippen molar-refractivity contribution in [3.63, 3.8) is 0 Å². The summed E-state index contributed by atoms with van der Waals surface area (Å²) >= 11 is 0. The molecule has 6 nitrogen and oxygen atoms in total. The van der Waals surface area contributed by atoms with E-state index < -0.39 is 5.54 Å². The van der Waals surface area contributed by atoms with Gasteiger partial charge >= 0.3 is 6.03 Å². The zero-order valence-electron chi connectivity index (χ0n) is 14.3. The van der Waals surface area contributed by atoms with Crippen molar-refractivity contribution in [2.45, 2.75) is 50.5 Å². The molecular weight excluding hydrogens is 292 g/mol. The maximum atomic E-state index is 12.6. The van der Waals surface area contributed by atoms with E-state index in [1.165, 1.54) is 24.2 Å². The van der Waals surface area contributed by atoms with E-state index in [1.807, 2.05) is 7.05 Å². The highest BCUT2D eigenvalue weighted by atomic mass is 16.2. The maximum Gasteiger partial charge on any atom is 0.325 e. The number of hydrogen-bond acceptors (Lipinski definition) is 4. The minimum absolute atomic E-state index is 0.0175. The quantitative estimate of drug-likeness (QED) is 0.721. The highest BCUT2D eigenvalue weighted by Crippen LogP contribution is 2.35. The summed E-state index contributed by atoms with van der Waals surface area (Å²) in [6, 6.07) is -0.180. The number of hydrogen-bond donors (Lipinski definition) is 2. The second kappa shape index (κ2) is 7.18. The van der Waals surface area contributed by atoms with E-state index >= 15 is 0 Å². The maximum absolute atomic E-state index is 12.6. The third-order valence-corrected chi connectivity index (χ3v) is 5.85. The number of imide groups is 1. The van der Waals surface area contributed by atoms with E-state index in [4.69, 9.17) is 0 Å². The molecule has 0 unspecified atom stereocenters. The topological polar surface area (TPSA) is 64.7 Å². The smallest absolute Gasteiger partial charge is 0.323 e. The standard InChI is InChI=1S/C17H30N4O2/c1-18-9-4-14-5-10-20(11-6-14)12-13-21-15(22)17(19-16(21)23)7-2-3-8-17/h14,18H,2-13H2,1H3,(H,19,23). The average molecular weight is 322 g/mol. The van der Waals surface area contributed by atoms with Crippen LogP contribution < -0.4 is 10.6 Å². The van der Waals surface area contributed by atoms with Gasteiger partial charge in [-0.05, 0) is 64.7 Å². The number of nitrogens with zero attached hydrogens (tertiary/aromatic N) is 2. The monoisotopic (exact) mass is 322 g/mol. The first-order valence-electron chi connectivity index (χ1n) is 9.16. The first-order chi connectivity index (χ1) is 11.1. The summed E-state index contributed by atoms with van der Waals surface area (Å²) in [4.78, 5) is 28.6. The Labute approximate surface area is 139 Å². The molecule has 2 saturated heterocycles. The molecule has 2 aliphatic heterocycles. The van der Waals surface area contributed by atoms with E-state index in [2.05, 4.69) is 15.5 Å². The summed E-state index contributed by atoms with van der Waals surface area (Å²) < 4.78 is 0. The fraction of sp³-hybridized carbons (Fsp3) is 0.882. The molecule has 2 N–H and O–H groups in total. The molecule has 2 heterocycles. The van der Waals surface area contributed by atoms with Crippen molar-refractivity contribution in [1.82, 2.24) is 20.4 Å². The van der Waals surface area contributed by atoms with Gasteiger partial charge in [-0.25, -0.2) is 4.79 Å². The summed E-state index contributed by atoms with van der Waals surface area (Å²) in [6.07, 6.45) is 7.41. The Morgan fingerprint density at radius 2 is 1.87 bits per heavy atom. The molecule has 0 aromatic rings. The van der Waals surface area contributed by atoms with E-state index in [9.17, 15) is 9.59 Å². The lowest BCUT2D eigenvalue weighted by atomic mass is 9.93. The number of nitrogens with one attached hydrogen (secondary N) is 2. The Morgan fingerprint density at radius 3 is 2.52 bits per heavy atom. The Hall–Kier alpha value is -1.14. The summed E-state index contributed by atoms with van der Waals surface area (Å²) in [5, 5.41) is 6.18. The van der Waals surface area contributed by atoms with Crippen molar-refractivity contribution >= 4 is 11.9 Å². The molecule has 0 aromatic heterocycles. The molecule has 130 valence electrons. The summed E-state index contributed by atoms with van der Waals surface area (Å²) in [6.45, 7) is 4.61. The van der Waals surface area contributed by atoms with Crippen molar-refractivity contribution in [3.8, 4) is 0 Å². The second-order valence-corrected chi connectivity index (χ2v) is 7.35. The summed E-state index contributed by atoms with van der Waals surface area (Å²) in [5.74, 6) is 0.834. The van der Waals surface area contributed by atoms with Crippen LogP contribution in [0.15, 0.2) is 0 Å². The van der Waals surface area contributed by atoms with E-state index in [-0.39, 0.29) is 11.9 Å². The van der Waals surface area contributed by atoms with Crippen LogP contribution in [0, 0.1) is 5.92 Å². The summed E-state index contributed by atoms with van der Waals surface area (Å²) in [7, 11) is 2.00. The van der Waals surface area contributed by atoms with Gasteiger partial charge in [0, 0.05) is 13.1 Å². The van der Waals surface area contributed by atoms with Gasteiger partial charge in [0.1, 0.15) is 5.54 Å². The van der Waals surface area contributed by atoms with Gasteiger partial charge in [-0.3, -0.25) is 9.69 Å². The molecule has 0 radical (unpaired) electrons. The van der Waals surface area contributed by atoms with Crippen LogP contribution in [0.3, 0.4) is 0 Å². The van der Waals surface area contributed by atoms with Crippen LogP contribution in [-0.2, 0) is 4.79 Å². The van der Waals surface area contributed by atoms with Gasteiger partial charge in [-0.1, -0.05) is 12.8 Å². The van der Waals surface area contributed by atoms with Gasteiger partial charge in [0.2, 0.25) is 0 Å². The summed E-state index contributed by atoms with van der Waals surface area (Å²) in [5.41, 5.74) is -0.558. The van der Waals surface area contributed by atoms with Crippen LogP contribution in [0.25, 0.3) is 0 Å². The van der Waals surface area contributed by atoms with Crippen LogP contribution in [-0.4, -0.2) is 67.0 Å². The number of carbonyl (C=O) groups excluding carboxylic acids is 2. The molecule has 23 heavy (non-hydrogen) atoms. The number of urea groups is 1. The molecule has 0 aromatic carbocycles. The largest absolute Gasteiger partial charge is 0.325 e. The molecule has 1 saturated carbocycles. The van der Waals surface area contributed by atoms with Crippen LogP contribution in [0.1, 0.15) is 44.9 Å². The SMILES string of the molecule is CNCCC1CCN(CCN2C(=O)NC3(CCCC3)C2=O)CC1. The minimum atomic E-state index is -0.558. The molecule has 3 aliphatic rings. The fourth-order valence-electron chi connectivity index (χ4n) is 4.29. The van der Waals surface area contributed by atoms with E-state index in [0.29, 0.717) is 6.54 Å². The normalized spacial score (nSPS) is 25.5. The second-order valence-electron chi connectivity index (χ2n) is 7.35. The average Bonchev–Trinajstić information content (AvgIpc) is 3.11. The van der Waals surface area contributed by atoms with Crippen LogP contribution in [0.4, 0.5) is 4.79 Å². The van der Waals surface area contributed by atoms with Crippen molar-refractivity contribution in [2.75, 3.05) is 39.8 Å². The first kappa shape index (κ1) is 16.7. The fourth-order valence-corrected chi connectivity index (χ4v) is 4.29. The van der Waals surface area contributed by atoms with Crippen LogP contribution >= 0.6 is 0 Å². The van der Waals surface area contributed by atoms with Gasteiger partial charge in [0.25, 0.3) is 5.91 Å². The molecule has 3 amide bonds. The number of piperidine rings is 1. The Kier molecular flexibility index (Phi) is 5.21. The number of rotatable bonds is 6. The predicted octanol–water partition coefficient (Wildman–Crippen LogP) is 1.17. The zero-order valence-corrected chi connectivity index (χ0v) is 14.3. The first-order valence-corrected chi connectivity index (χ1v) is 9.16. The van der Waals surface area contributed by atoms with Crippen molar-refractivity contribution in [3.05, 3.63) is 0 Å². The third-order valence-electron chi connectivity index (χ3n) is 5.85. The van der Waals surface area contributed by atoms with Crippen LogP contribution in [0.5, 0.6) is 0 Å². The van der Waals surface area contributed by atoms with Gasteiger partial charge in [-0.2, -0.15) is 0 Å². The number of likely N-dealkylation sites (tertiary alicyclic amines) is 1. The van der Waals surface area contributed by atoms with Crippen molar-refractivity contribution < 1.29 is 9.59 Å². The van der Waals surface area contributed by atoms with Gasteiger partial charge in [-0.15, -0.1) is 0 Å². The minimum Gasteiger partial charge on any atom is -0.323 e. The third kappa shape index (κ3) is 3.53. The van der Waals surface area contributed by atoms with Gasteiger partial charge < -0.3 is 15.5 Å². The molecule has 1 aliphatic carbocycles. The Bertz CT molecular complexity index is 440. The molecule has 0 bridgehead atoms. The lowest BCUT2D eigenvalue weighted by Crippen LogP contribution is -2.45. The number of amides is 3. The predicted molar refractivity (Wildman–Crippen MR) is 89.2 cm³/mol. The lowest BCUT2D eigenvalue weighted by Gasteiger charge is -2.32. The van der Waals surface area contributed by atoms with Gasteiger partial charge in [0.05, 0.1) is 0 Å². The molecule has 0 atom stereocenters. The van der Waals surface area contributed by atoms with Crippen LogP contribution in [0.2, 0.25) is 0 Å². The van der Waals surface area contributed by atoms with Crippen molar-refractivity contribution in [1.29, 1.82) is 0 Å². The highest BCUT2D eigenvalue weighted by molar-refractivity contribution is 6.07. The lowest BCUT2D eigenvalue weighted by molar-refractivity contribution is -0.131. The molecule has 3 fully saturated rings. The Morgan fingerprint density at radius 1 is 1.17 bits per heavy atom. The molecule has 6 heteroatoms. The highest BCUT2D eigenvalue weighted by Gasteiger charge is 2.52. The molecule has 1 spiro atoms. The van der Waals surface area contributed by atoms with Crippen molar-refractivity contribution in [2.24, 2.45) is 5.92 Å². The molecular formula is C17H30N4O2. The molecule has 3 rings (SSSR count). The zero-order chi connectivity index (χ0) is 16.3.